The van der Waals surface area contributed by atoms with E-state index < -0.39 is 28.4 Å². The number of nitrogens with one attached hydrogen (secondary N) is 1. The zero-order chi connectivity index (χ0) is 23.7. The highest BCUT2D eigenvalue weighted by Crippen LogP contribution is 2.29. The average molecular weight is 483 g/mol. The van der Waals surface area contributed by atoms with Gasteiger partial charge in [0.1, 0.15) is 10.6 Å². The van der Waals surface area contributed by atoms with Crippen LogP contribution in [0.1, 0.15) is 37.0 Å². The first-order chi connectivity index (χ1) is 15.2. The fraction of sp³-hybridized carbons (Fsp3) is 0.364. The van der Waals surface area contributed by atoms with Crippen molar-refractivity contribution in [2.75, 3.05) is 32.1 Å². The van der Waals surface area contributed by atoms with Crippen molar-refractivity contribution < 1.29 is 27.5 Å². The molecule has 10 heteroatoms. The first-order valence-electron chi connectivity index (χ1n) is 10.1. The number of ether oxygens (including phenoxy) is 2. The van der Waals surface area contributed by atoms with Crippen molar-refractivity contribution in [1.82, 2.24) is 4.31 Å². The Morgan fingerprint density at radius 2 is 1.78 bits per heavy atom. The molecule has 0 saturated carbocycles. The number of halogens is 1. The second-order valence-corrected chi connectivity index (χ2v) is 9.35. The molecule has 0 aliphatic carbocycles. The van der Waals surface area contributed by atoms with Crippen molar-refractivity contribution >= 4 is 39.2 Å². The van der Waals surface area contributed by atoms with Crippen LogP contribution >= 0.6 is 11.6 Å². The fourth-order valence-corrected chi connectivity index (χ4v) is 4.21. The first-order valence-corrected chi connectivity index (χ1v) is 12.0. The van der Waals surface area contributed by atoms with E-state index in [1.165, 1.54) is 37.4 Å². The van der Waals surface area contributed by atoms with Gasteiger partial charge in [0.05, 0.1) is 25.3 Å². The second kappa shape index (κ2) is 11.8. The largest absolute Gasteiger partial charge is 0.492 e. The number of likely N-dealkylation sites (N-methyl/N-ethyl adjacent to an activating group) is 1. The SMILES string of the molecule is CCCCOC(=O)c1ccc(NC(=O)CN(C)S(=O)(=O)c2cc(Cl)ccc2OCC)cc1. The summed E-state index contributed by atoms with van der Waals surface area (Å²) in [6, 6.07) is 10.5. The molecule has 0 unspecified atom stereocenters. The lowest BCUT2D eigenvalue weighted by atomic mass is 10.2. The predicted octanol–water partition coefficient (Wildman–Crippen LogP) is 3.95. The van der Waals surface area contributed by atoms with Gasteiger partial charge in [-0.3, -0.25) is 4.79 Å². The third kappa shape index (κ3) is 6.94. The number of anilines is 1. The third-order valence-corrected chi connectivity index (χ3v) is 6.46. The molecule has 0 bridgehead atoms. The molecule has 2 rings (SSSR count). The molecule has 0 aromatic heterocycles. The van der Waals surface area contributed by atoms with Gasteiger partial charge in [-0.15, -0.1) is 0 Å². The van der Waals surface area contributed by atoms with Gasteiger partial charge in [-0.1, -0.05) is 24.9 Å². The summed E-state index contributed by atoms with van der Waals surface area (Å²) < 4.78 is 37.3. The monoisotopic (exact) mass is 482 g/mol. The summed E-state index contributed by atoms with van der Waals surface area (Å²) in [5.41, 5.74) is 0.784. The molecule has 0 spiro atoms. The molecule has 1 N–H and O–H groups in total. The third-order valence-electron chi connectivity index (χ3n) is 4.40. The molecular formula is C22H27ClN2O6S. The zero-order valence-corrected chi connectivity index (χ0v) is 19.8. The van der Waals surface area contributed by atoms with Gasteiger partial charge in [0.25, 0.3) is 0 Å². The number of esters is 1. The van der Waals surface area contributed by atoms with Gasteiger partial charge >= 0.3 is 5.97 Å². The van der Waals surface area contributed by atoms with Crippen LogP contribution in [0.4, 0.5) is 5.69 Å². The lowest BCUT2D eigenvalue weighted by molar-refractivity contribution is -0.116. The predicted molar refractivity (Wildman–Crippen MR) is 123 cm³/mol. The molecule has 8 nitrogen and oxygen atoms in total. The zero-order valence-electron chi connectivity index (χ0n) is 18.3. The quantitative estimate of drug-likeness (QED) is 0.384. The molecule has 2 aromatic carbocycles. The Bertz CT molecular complexity index is 1040. The van der Waals surface area contributed by atoms with Gasteiger partial charge in [0, 0.05) is 17.8 Å². The summed E-state index contributed by atoms with van der Waals surface area (Å²) in [4.78, 5) is 24.2. The molecule has 0 heterocycles. The lowest BCUT2D eigenvalue weighted by Gasteiger charge is -2.19. The van der Waals surface area contributed by atoms with Crippen LogP contribution in [-0.4, -0.2) is 51.4 Å². The molecule has 0 aliphatic heterocycles. The highest BCUT2D eigenvalue weighted by Gasteiger charge is 2.27. The highest BCUT2D eigenvalue weighted by molar-refractivity contribution is 7.89. The van der Waals surface area contributed by atoms with Gasteiger partial charge in [-0.25, -0.2) is 13.2 Å². The minimum absolute atomic E-state index is 0.118. The summed E-state index contributed by atoms with van der Waals surface area (Å²) in [5.74, 6) is -0.825. The van der Waals surface area contributed by atoms with Crippen molar-refractivity contribution in [3.8, 4) is 5.75 Å². The number of unbranched alkanes of at least 4 members (excludes halogenated alkanes) is 1. The van der Waals surface area contributed by atoms with E-state index in [0.717, 1.165) is 17.1 Å². The summed E-state index contributed by atoms with van der Waals surface area (Å²) >= 11 is 5.96. The molecule has 2 aromatic rings. The van der Waals surface area contributed by atoms with E-state index in [1.54, 1.807) is 19.1 Å². The maximum atomic E-state index is 13.0. The Morgan fingerprint density at radius 1 is 1.09 bits per heavy atom. The molecule has 0 radical (unpaired) electrons. The number of amides is 1. The minimum Gasteiger partial charge on any atom is -0.492 e. The number of hydrogen-bond acceptors (Lipinski definition) is 6. The number of sulfonamides is 1. The van der Waals surface area contributed by atoms with Crippen LogP contribution in [0, 0.1) is 0 Å². The Labute approximate surface area is 193 Å². The van der Waals surface area contributed by atoms with Crippen LogP contribution in [0.25, 0.3) is 0 Å². The Balaban J connectivity index is 2.03. The second-order valence-electron chi connectivity index (χ2n) is 6.90. The standard InChI is InChI=1S/C22H27ClN2O6S/c1-4-6-13-31-22(27)16-7-10-18(11-8-16)24-21(26)15-25(3)32(28,29)20-14-17(23)9-12-19(20)30-5-2/h7-12,14H,4-6,13,15H2,1-3H3,(H,24,26). The van der Waals surface area contributed by atoms with Gasteiger partial charge in [0.2, 0.25) is 15.9 Å². The smallest absolute Gasteiger partial charge is 0.338 e. The van der Waals surface area contributed by atoms with Crippen LogP contribution in [0.3, 0.4) is 0 Å². The maximum Gasteiger partial charge on any atom is 0.338 e. The van der Waals surface area contributed by atoms with E-state index >= 15 is 0 Å². The molecule has 174 valence electrons. The van der Waals surface area contributed by atoms with Crippen molar-refractivity contribution in [2.45, 2.75) is 31.6 Å². The Kier molecular flexibility index (Phi) is 9.49. The van der Waals surface area contributed by atoms with E-state index in [9.17, 15) is 18.0 Å². The van der Waals surface area contributed by atoms with E-state index in [1.807, 2.05) is 6.92 Å². The maximum absolute atomic E-state index is 13.0. The molecule has 0 aliphatic rings. The van der Waals surface area contributed by atoms with E-state index in [-0.39, 0.29) is 22.3 Å². The minimum atomic E-state index is -4.03. The topological polar surface area (TPSA) is 102 Å². The van der Waals surface area contributed by atoms with E-state index in [2.05, 4.69) is 5.32 Å². The Hall–Kier alpha value is -2.62. The number of nitrogens with zero attached hydrogens (tertiary/aromatic N) is 1. The van der Waals surface area contributed by atoms with Crippen LogP contribution < -0.4 is 10.1 Å². The summed E-state index contributed by atoms with van der Waals surface area (Å²) in [6.45, 7) is 3.93. The van der Waals surface area contributed by atoms with Crippen LogP contribution in [0.15, 0.2) is 47.4 Å². The van der Waals surface area contributed by atoms with Gasteiger partial charge < -0.3 is 14.8 Å². The molecule has 0 atom stereocenters. The number of rotatable bonds is 11. The van der Waals surface area contributed by atoms with Gasteiger partial charge in [0.15, 0.2) is 0 Å². The summed E-state index contributed by atoms with van der Waals surface area (Å²) in [7, 11) is -2.74. The normalized spacial score (nSPS) is 11.3. The first kappa shape index (κ1) is 25.6. The lowest BCUT2D eigenvalue weighted by Crippen LogP contribution is -2.35. The fourth-order valence-electron chi connectivity index (χ4n) is 2.70. The van der Waals surface area contributed by atoms with Crippen LogP contribution in [0.2, 0.25) is 5.02 Å². The average Bonchev–Trinajstić information content (AvgIpc) is 2.75. The summed E-state index contributed by atoms with van der Waals surface area (Å²) in [5, 5.41) is 2.85. The number of carbonyl (C=O) groups excluding carboxylic acids is 2. The van der Waals surface area contributed by atoms with Crippen LogP contribution in [-0.2, 0) is 19.6 Å². The van der Waals surface area contributed by atoms with Gasteiger partial charge in [-0.2, -0.15) is 4.31 Å². The van der Waals surface area contributed by atoms with E-state index in [0.29, 0.717) is 17.9 Å². The van der Waals surface area contributed by atoms with Crippen molar-refractivity contribution in [3.63, 3.8) is 0 Å². The highest BCUT2D eigenvalue weighted by atomic mass is 35.5. The molecule has 0 saturated heterocycles. The van der Waals surface area contributed by atoms with Crippen molar-refractivity contribution in [3.05, 3.63) is 53.1 Å². The van der Waals surface area contributed by atoms with Crippen molar-refractivity contribution in [1.29, 1.82) is 0 Å². The van der Waals surface area contributed by atoms with Gasteiger partial charge in [-0.05, 0) is 55.8 Å². The number of hydrogen-bond donors (Lipinski definition) is 1. The number of carbonyl (C=O) groups is 2. The van der Waals surface area contributed by atoms with Crippen molar-refractivity contribution in [2.24, 2.45) is 0 Å². The Morgan fingerprint density at radius 3 is 2.41 bits per heavy atom. The molecular weight excluding hydrogens is 456 g/mol. The molecule has 32 heavy (non-hydrogen) atoms. The molecule has 1 amide bonds. The number of benzene rings is 2. The summed E-state index contributed by atoms with van der Waals surface area (Å²) in [6.07, 6.45) is 1.71. The van der Waals surface area contributed by atoms with E-state index in [4.69, 9.17) is 21.1 Å². The van der Waals surface area contributed by atoms with Crippen LogP contribution in [0.5, 0.6) is 5.75 Å². The molecule has 0 fully saturated rings.